The third-order valence-electron chi connectivity index (χ3n) is 1.80. The maximum absolute atomic E-state index is 10.2. The van der Waals surface area contributed by atoms with E-state index in [2.05, 4.69) is 4.99 Å². The summed E-state index contributed by atoms with van der Waals surface area (Å²) < 4.78 is 0. The first-order valence-corrected chi connectivity index (χ1v) is 5.35. The summed E-state index contributed by atoms with van der Waals surface area (Å²) in [6.45, 7) is -0.0847. The fourth-order valence-electron chi connectivity index (χ4n) is 0.721. The molecular weight excluding hydrogens is 294 g/mol. The van der Waals surface area contributed by atoms with Crippen LogP contribution in [0.1, 0.15) is 12.8 Å². The molecule has 120 valence electrons. The fourth-order valence-corrected chi connectivity index (χ4v) is 0.721. The largest absolute Gasteiger partial charge is 0.480 e. The quantitative estimate of drug-likeness (QED) is 0.147. The number of aliphatic imine (C=N–C) groups is 1. The number of carbonyl (C=O) groups is 2. The molecule has 0 saturated heterocycles. The van der Waals surface area contributed by atoms with E-state index < -0.39 is 30.6 Å². The number of nitrogens with zero attached hydrogens (tertiary/aromatic N) is 1. The lowest BCUT2D eigenvalue weighted by molar-refractivity contribution is -0.140. The Morgan fingerprint density at radius 3 is 1.75 bits per heavy atom. The van der Waals surface area contributed by atoms with Crippen LogP contribution in [0.4, 0.5) is 0 Å². The number of aliphatic carboxylic acids is 2. The molecule has 2 atom stereocenters. The fraction of sp³-hybridized carbons (Fsp3) is 0.667. The highest BCUT2D eigenvalue weighted by Crippen LogP contribution is 1.94. The number of nitrogens with two attached hydrogens (primary N) is 4. The summed E-state index contributed by atoms with van der Waals surface area (Å²) >= 11 is 0. The van der Waals surface area contributed by atoms with Gasteiger partial charge in [0, 0.05) is 6.54 Å². The van der Waals surface area contributed by atoms with Gasteiger partial charge in [-0.3, -0.25) is 14.6 Å². The van der Waals surface area contributed by atoms with E-state index in [1.54, 1.807) is 0 Å². The van der Waals surface area contributed by atoms with Crippen LogP contribution < -0.4 is 22.9 Å². The highest BCUT2D eigenvalue weighted by atomic mass is 35.5. The van der Waals surface area contributed by atoms with Gasteiger partial charge in [0.05, 0.1) is 6.61 Å². The van der Waals surface area contributed by atoms with Crippen LogP contribution in [0.5, 0.6) is 0 Å². The van der Waals surface area contributed by atoms with Gasteiger partial charge in [-0.2, -0.15) is 0 Å². The molecule has 0 radical (unpaired) electrons. The second-order valence-corrected chi connectivity index (χ2v) is 3.52. The Kier molecular flexibility index (Phi) is 16.2. The average Bonchev–Trinajstić information content (AvgIpc) is 2.33. The Morgan fingerprint density at radius 2 is 1.50 bits per heavy atom. The molecule has 10 nitrogen and oxygen atoms in total. The van der Waals surface area contributed by atoms with Crippen molar-refractivity contribution in [2.24, 2.45) is 27.9 Å². The zero-order chi connectivity index (χ0) is 15.4. The Morgan fingerprint density at radius 1 is 1.05 bits per heavy atom. The maximum Gasteiger partial charge on any atom is 0.322 e. The van der Waals surface area contributed by atoms with Gasteiger partial charge in [-0.05, 0) is 12.8 Å². The summed E-state index contributed by atoms with van der Waals surface area (Å²) in [4.78, 5) is 23.5. The van der Waals surface area contributed by atoms with Crippen molar-refractivity contribution in [1.82, 2.24) is 0 Å². The third kappa shape index (κ3) is 16.4. The first-order valence-electron chi connectivity index (χ1n) is 5.35. The molecule has 2 unspecified atom stereocenters. The molecule has 0 aromatic rings. The van der Waals surface area contributed by atoms with Crippen LogP contribution in [0.3, 0.4) is 0 Å². The monoisotopic (exact) mass is 315 g/mol. The van der Waals surface area contributed by atoms with E-state index in [-0.39, 0.29) is 18.4 Å². The number of aliphatic hydroxyl groups is 1. The topological polar surface area (TPSA) is 211 Å². The highest BCUT2D eigenvalue weighted by molar-refractivity contribution is 5.85. The summed E-state index contributed by atoms with van der Waals surface area (Å²) in [5, 5.41) is 24.3. The van der Waals surface area contributed by atoms with Crippen molar-refractivity contribution < 1.29 is 24.9 Å². The maximum atomic E-state index is 10.2. The van der Waals surface area contributed by atoms with Gasteiger partial charge in [0.15, 0.2) is 5.96 Å². The van der Waals surface area contributed by atoms with E-state index in [4.69, 9.17) is 38.3 Å². The molecule has 0 aliphatic heterocycles. The van der Waals surface area contributed by atoms with E-state index in [0.29, 0.717) is 19.4 Å². The standard InChI is InChI=1S/C6H14N4O2.C3H7NO3.ClH/c7-4(5(11)12)2-1-3-10-6(8)9;4-2(1-5)3(6)7;/h4H,1-3,7H2,(H,11,12)(H4,8,9,10);2,5H,1,4H2,(H,6,7);1H. The SMILES string of the molecule is Cl.NC(CO)C(=O)O.NC(N)=NCCCC(N)C(=O)O. The Labute approximate surface area is 122 Å². The van der Waals surface area contributed by atoms with Gasteiger partial charge in [-0.1, -0.05) is 0 Å². The van der Waals surface area contributed by atoms with Gasteiger partial charge in [-0.25, -0.2) is 0 Å². The van der Waals surface area contributed by atoms with Gasteiger partial charge in [0.1, 0.15) is 12.1 Å². The second-order valence-electron chi connectivity index (χ2n) is 3.52. The van der Waals surface area contributed by atoms with E-state index >= 15 is 0 Å². The van der Waals surface area contributed by atoms with Crippen LogP contribution in [0, 0.1) is 0 Å². The minimum Gasteiger partial charge on any atom is -0.480 e. The molecular formula is C9H22ClN5O5. The number of rotatable bonds is 7. The van der Waals surface area contributed by atoms with Crippen molar-refractivity contribution in [1.29, 1.82) is 0 Å². The number of halogens is 1. The third-order valence-corrected chi connectivity index (χ3v) is 1.80. The zero-order valence-electron chi connectivity index (χ0n) is 10.8. The summed E-state index contributed by atoms with van der Waals surface area (Å²) in [5.41, 5.74) is 20.1. The Balaban J connectivity index is -0.000000312. The van der Waals surface area contributed by atoms with Gasteiger partial charge in [0.25, 0.3) is 0 Å². The normalized spacial score (nSPS) is 11.9. The van der Waals surface area contributed by atoms with Gasteiger partial charge < -0.3 is 38.3 Å². The molecule has 0 aliphatic rings. The first-order chi connectivity index (χ1) is 8.72. The molecule has 0 rings (SSSR count). The van der Waals surface area contributed by atoms with E-state index in [1.165, 1.54) is 0 Å². The number of carboxylic acid groups (broad SMARTS) is 2. The summed E-state index contributed by atoms with van der Waals surface area (Å²) in [6.07, 6.45) is 0.956. The molecule has 0 bridgehead atoms. The first kappa shape index (κ1) is 23.5. The van der Waals surface area contributed by atoms with Crippen molar-refractivity contribution >= 4 is 30.3 Å². The molecule has 0 spiro atoms. The van der Waals surface area contributed by atoms with Crippen molar-refractivity contribution in [3.63, 3.8) is 0 Å². The molecule has 0 amide bonds. The Hall–Kier alpha value is -1.62. The van der Waals surface area contributed by atoms with Gasteiger partial charge >= 0.3 is 11.9 Å². The van der Waals surface area contributed by atoms with Crippen LogP contribution in [0.25, 0.3) is 0 Å². The lowest BCUT2D eigenvalue weighted by Gasteiger charge is -2.03. The van der Waals surface area contributed by atoms with E-state index in [9.17, 15) is 9.59 Å². The van der Waals surface area contributed by atoms with Gasteiger partial charge in [-0.15, -0.1) is 12.4 Å². The number of aliphatic hydroxyl groups excluding tert-OH is 1. The Bertz CT molecular complexity index is 311. The lowest BCUT2D eigenvalue weighted by Crippen LogP contribution is -2.33. The molecule has 11 heteroatoms. The van der Waals surface area contributed by atoms with Crippen molar-refractivity contribution in [2.45, 2.75) is 24.9 Å². The second kappa shape index (κ2) is 13.8. The molecule has 0 aliphatic carbocycles. The number of hydrogen-bond acceptors (Lipinski definition) is 6. The molecule has 0 aromatic carbocycles. The lowest BCUT2D eigenvalue weighted by atomic mass is 10.2. The summed E-state index contributed by atoms with van der Waals surface area (Å²) in [6, 6.07) is -1.95. The molecule has 0 fully saturated rings. The molecule has 20 heavy (non-hydrogen) atoms. The van der Waals surface area contributed by atoms with Crippen LogP contribution in [-0.2, 0) is 9.59 Å². The summed E-state index contributed by atoms with van der Waals surface area (Å²) in [7, 11) is 0. The molecule has 0 heterocycles. The summed E-state index contributed by atoms with van der Waals surface area (Å²) in [5.74, 6) is -2.17. The van der Waals surface area contributed by atoms with Crippen molar-refractivity contribution in [2.75, 3.05) is 13.2 Å². The molecule has 0 saturated carbocycles. The van der Waals surface area contributed by atoms with Crippen LogP contribution in [-0.4, -0.2) is 58.5 Å². The van der Waals surface area contributed by atoms with E-state index in [1.807, 2.05) is 0 Å². The predicted octanol–water partition coefficient (Wildman–Crippen LogP) is -2.74. The number of guanidine groups is 1. The van der Waals surface area contributed by atoms with Crippen molar-refractivity contribution in [3.05, 3.63) is 0 Å². The number of carboxylic acids is 2. The van der Waals surface area contributed by atoms with Crippen molar-refractivity contribution in [3.8, 4) is 0 Å². The van der Waals surface area contributed by atoms with E-state index in [0.717, 1.165) is 0 Å². The molecule has 0 aromatic heterocycles. The van der Waals surface area contributed by atoms with Crippen LogP contribution >= 0.6 is 12.4 Å². The predicted molar refractivity (Wildman–Crippen MR) is 75.5 cm³/mol. The smallest absolute Gasteiger partial charge is 0.322 e. The van der Waals surface area contributed by atoms with Crippen LogP contribution in [0.2, 0.25) is 0 Å². The van der Waals surface area contributed by atoms with Crippen LogP contribution in [0.15, 0.2) is 4.99 Å². The zero-order valence-corrected chi connectivity index (χ0v) is 11.6. The minimum absolute atomic E-state index is 0. The minimum atomic E-state index is -1.18. The average molecular weight is 316 g/mol. The number of hydrogen-bond donors (Lipinski definition) is 7. The highest BCUT2D eigenvalue weighted by Gasteiger charge is 2.09. The molecule has 11 N–H and O–H groups in total. The van der Waals surface area contributed by atoms with Gasteiger partial charge in [0.2, 0.25) is 0 Å².